The second-order valence-corrected chi connectivity index (χ2v) is 5.30. The summed E-state index contributed by atoms with van der Waals surface area (Å²) in [4.78, 5) is 16.6. The second-order valence-electron chi connectivity index (χ2n) is 5.30. The van der Waals surface area contributed by atoms with Crippen molar-refractivity contribution in [1.29, 1.82) is 0 Å². The van der Waals surface area contributed by atoms with Gasteiger partial charge in [-0.2, -0.15) is 0 Å². The van der Waals surface area contributed by atoms with Crippen LogP contribution in [0.4, 0.5) is 0 Å². The number of piperidine rings is 1. The Morgan fingerprint density at radius 1 is 1.10 bits per heavy atom. The lowest BCUT2D eigenvalue weighted by Crippen LogP contribution is -2.42. The fourth-order valence-electron chi connectivity index (χ4n) is 2.54. The Bertz CT molecular complexity index is 589. The molecule has 1 aliphatic rings. The van der Waals surface area contributed by atoms with Crippen LogP contribution in [0.3, 0.4) is 0 Å². The van der Waals surface area contributed by atoms with Gasteiger partial charge in [-0.3, -0.25) is 9.78 Å². The standard InChI is InChI=1S/C17H19N3O/c21-17(20-15-8-10-18-11-9-15)14-6-7-16(19-12-14)13-4-2-1-3-5-13/h1-7,12,15,18H,8-11H2,(H,20,21). The van der Waals surface area contributed by atoms with Crippen molar-refractivity contribution in [3.63, 3.8) is 0 Å². The molecule has 21 heavy (non-hydrogen) atoms. The van der Waals surface area contributed by atoms with Gasteiger partial charge in [0.05, 0.1) is 11.3 Å². The largest absolute Gasteiger partial charge is 0.349 e. The van der Waals surface area contributed by atoms with Gasteiger partial charge in [0.2, 0.25) is 0 Å². The maximum Gasteiger partial charge on any atom is 0.253 e. The molecule has 4 heteroatoms. The molecule has 1 aliphatic heterocycles. The molecule has 0 unspecified atom stereocenters. The number of carbonyl (C=O) groups excluding carboxylic acids is 1. The lowest BCUT2D eigenvalue weighted by molar-refractivity contribution is 0.0929. The van der Waals surface area contributed by atoms with E-state index in [9.17, 15) is 4.79 Å². The van der Waals surface area contributed by atoms with Crippen LogP contribution >= 0.6 is 0 Å². The van der Waals surface area contributed by atoms with E-state index >= 15 is 0 Å². The zero-order chi connectivity index (χ0) is 14.5. The first-order valence-corrected chi connectivity index (χ1v) is 7.36. The predicted molar refractivity (Wildman–Crippen MR) is 83.0 cm³/mol. The fraction of sp³-hybridized carbons (Fsp3) is 0.294. The predicted octanol–water partition coefficient (Wildman–Crippen LogP) is 2.23. The number of aromatic nitrogens is 1. The van der Waals surface area contributed by atoms with Crippen LogP contribution in [0.25, 0.3) is 11.3 Å². The molecule has 108 valence electrons. The Balaban J connectivity index is 1.67. The minimum absolute atomic E-state index is 0.0333. The van der Waals surface area contributed by atoms with Gasteiger partial charge in [0, 0.05) is 17.8 Å². The van der Waals surface area contributed by atoms with Gasteiger partial charge in [0.1, 0.15) is 0 Å². The molecule has 0 radical (unpaired) electrons. The zero-order valence-corrected chi connectivity index (χ0v) is 11.9. The Morgan fingerprint density at radius 3 is 2.52 bits per heavy atom. The van der Waals surface area contributed by atoms with Crippen molar-refractivity contribution >= 4 is 5.91 Å². The van der Waals surface area contributed by atoms with Gasteiger partial charge in [-0.1, -0.05) is 30.3 Å². The molecule has 4 nitrogen and oxygen atoms in total. The van der Waals surface area contributed by atoms with Crippen molar-refractivity contribution in [3.05, 3.63) is 54.2 Å². The van der Waals surface area contributed by atoms with Crippen molar-refractivity contribution < 1.29 is 4.79 Å². The normalized spacial score (nSPS) is 15.6. The van der Waals surface area contributed by atoms with Gasteiger partial charge < -0.3 is 10.6 Å². The first kappa shape index (κ1) is 13.8. The Hall–Kier alpha value is -2.20. The number of nitrogens with one attached hydrogen (secondary N) is 2. The average molecular weight is 281 g/mol. The van der Waals surface area contributed by atoms with Crippen LogP contribution in [0.5, 0.6) is 0 Å². The first-order valence-electron chi connectivity index (χ1n) is 7.36. The summed E-state index contributed by atoms with van der Waals surface area (Å²) in [5.41, 5.74) is 2.56. The molecule has 2 aromatic rings. The molecule has 0 atom stereocenters. The molecule has 0 bridgehead atoms. The van der Waals surface area contributed by atoms with E-state index in [0.717, 1.165) is 37.2 Å². The van der Waals surface area contributed by atoms with Gasteiger partial charge in [0.25, 0.3) is 5.91 Å². The third kappa shape index (κ3) is 3.47. The highest BCUT2D eigenvalue weighted by Gasteiger charge is 2.16. The SMILES string of the molecule is O=C(NC1CCNCC1)c1ccc(-c2ccccc2)nc1. The van der Waals surface area contributed by atoms with E-state index in [2.05, 4.69) is 15.6 Å². The summed E-state index contributed by atoms with van der Waals surface area (Å²) < 4.78 is 0. The third-order valence-corrected chi connectivity index (χ3v) is 3.77. The summed E-state index contributed by atoms with van der Waals surface area (Å²) in [5.74, 6) is -0.0333. The van der Waals surface area contributed by atoms with Crippen LogP contribution in [-0.2, 0) is 0 Å². The summed E-state index contributed by atoms with van der Waals surface area (Å²) >= 11 is 0. The van der Waals surface area contributed by atoms with E-state index in [-0.39, 0.29) is 11.9 Å². The van der Waals surface area contributed by atoms with Crippen molar-refractivity contribution in [2.45, 2.75) is 18.9 Å². The molecule has 0 aliphatic carbocycles. The summed E-state index contributed by atoms with van der Waals surface area (Å²) in [5, 5.41) is 6.37. The van der Waals surface area contributed by atoms with Crippen LogP contribution < -0.4 is 10.6 Å². The summed E-state index contributed by atoms with van der Waals surface area (Å²) in [6.07, 6.45) is 3.63. The highest BCUT2D eigenvalue weighted by molar-refractivity contribution is 5.94. The van der Waals surface area contributed by atoms with Gasteiger partial charge in [-0.05, 0) is 38.1 Å². The molecular formula is C17H19N3O. The van der Waals surface area contributed by atoms with Gasteiger partial charge >= 0.3 is 0 Å². The van der Waals surface area contributed by atoms with Crippen LogP contribution in [0.15, 0.2) is 48.7 Å². The van der Waals surface area contributed by atoms with Crippen LogP contribution in [0.1, 0.15) is 23.2 Å². The van der Waals surface area contributed by atoms with E-state index in [4.69, 9.17) is 0 Å². The van der Waals surface area contributed by atoms with Gasteiger partial charge in [-0.25, -0.2) is 0 Å². The molecule has 3 rings (SSSR count). The van der Waals surface area contributed by atoms with Crippen molar-refractivity contribution in [1.82, 2.24) is 15.6 Å². The molecule has 1 saturated heterocycles. The number of amides is 1. The highest BCUT2D eigenvalue weighted by Crippen LogP contribution is 2.16. The summed E-state index contributed by atoms with van der Waals surface area (Å²) in [7, 11) is 0. The molecule has 2 heterocycles. The zero-order valence-electron chi connectivity index (χ0n) is 11.9. The van der Waals surface area contributed by atoms with E-state index in [1.165, 1.54) is 0 Å². The summed E-state index contributed by atoms with van der Waals surface area (Å²) in [6, 6.07) is 14.0. The van der Waals surface area contributed by atoms with Crippen molar-refractivity contribution in [2.75, 3.05) is 13.1 Å². The van der Waals surface area contributed by atoms with Crippen LogP contribution in [0, 0.1) is 0 Å². The molecule has 1 aromatic carbocycles. The molecule has 2 N–H and O–H groups in total. The highest BCUT2D eigenvalue weighted by atomic mass is 16.1. The third-order valence-electron chi connectivity index (χ3n) is 3.77. The minimum atomic E-state index is -0.0333. The Morgan fingerprint density at radius 2 is 1.86 bits per heavy atom. The van der Waals surface area contributed by atoms with Crippen LogP contribution in [0.2, 0.25) is 0 Å². The Labute approximate surface area is 124 Å². The van der Waals surface area contributed by atoms with Gasteiger partial charge in [-0.15, -0.1) is 0 Å². The lowest BCUT2D eigenvalue weighted by atomic mass is 10.1. The molecular weight excluding hydrogens is 262 g/mol. The molecule has 0 saturated carbocycles. The smallest absolute Gasteiger partial charge is 0.253 e. The van der Waals surface area contributed by atoms with E-state index in [0.29, 0.717) is 5.56 Å². The number of hydrogen-bond donors (Lipinski definition) is 2. The fourth-order valence-corrected chi connectivity index (χ4v) is 2.54. The van der Waals surface area contributed by atoms with E-state index in [1.54, 1.807) is 6.20 Å². The van der Waals surface area contributed by atoms with Crippen molar-refractivity contribution in [3.8, 4) is 11.3 Å². The first-order chi connectivity index (χ1) is 10.3. The number of nitrogens with zero attached hydrogens (tertiary/aromatic N) is 1. The van der Waals surface area contributed by atoms with Crippen LogP contribution in [-0.4, -0.2) is 30.0 Å². The van der Waals surface area contributed by atoms with E-state index < -0.39 is 0 Å². The number of hydrogen-bond acceptors (Lipinski definition) is 3. The second kappa shape index (κ2) is 6.50. The number of carbonyl (C=O) groups is 1. The van der Waals surface area contributed by atoms with Crippen molar-refractivity contribution in [2.24, 2.45) is 0 Å². The molecule has 0 spiro atoms. The average Bonchev–Trinajstić information content (AvgIpc) is 2.57. The monoisotopic (exact) mass is 281 g/mol. The van der Waals surface area contributed by atoms with Gasteiger partial charge in [0.15, 0.2) is 0 Å². The number of rotatable bonds is 3. The number of benzene rings is 1. The lowest BCUT2D eigenvalue weighted by Gasteiger charge is -2.23. The molecule has 1 fully saturated rings. The quantitative estimate of drug-likeness (QED) is 0.907. The minimum Gasteiger partial charge on any atom is -0.349 e. The maximum atomic E-state index is 12.2. The molecule has 1 amide bonds. The topological polar surface area (TPSA) is 54.0 Å². The molecule has 1 aromatic heterocycles. The number of pyridine rings is 1. The Kier molecular flexibility index (Phi) is 4.26. The summed E-state index contributed by atoms with van der Waals surface area (Å²) in [6.45, 7) is 1.94. The maximum absolute atomic E-state index is 12.2. The van der Waals surface area contributed by atoms with E-state index in [1.807, 2.05) is 42.5 Å².